The number of hydrogen-bond acceptors (Lipinski definition) is 4. The molecular formula is C22H21N5OS. The number of aromatic amines is 1. The number of amides is 1. The summed E-state index contributed by atoms with van der Waals surface area (Å²) in [5.74, 6) is 0.794. The Balaban J connectivity index is 1.41. The third-order valence-electron chi connectivity index (χ3n) is 4.35. The highest BCUT2D eigenvalue weighted by Crippen LogP contribution is 2.22. The summed E-state index contributed by atoms with van der Waals surface area (Å²) in [4.78, 5) is 20.1. The maximum absolute atomic E-state index is 12.5. The number of rotatable bonds is 6. The van der Waals surface area contributed by atoms with Gasteiger partial charge in [-0.25, -0.2) is 9.67 Å². The van der Waals surface area contributed by atoms with Gasteiger partial charge >= 0.3 is 0 Å². The molecule has 2 N–H and O–H groups in total. The summed E-state index contributed by atoms with van der Waals surface area (Å²) in [6.45, 7) is 3.94. The van der Waals surface area contributed by atoms with Crippen LogP contribution in [-0.2, 0) is 4.79 Å². The van der Waals surface area contributed by atoms with Gasteiger partial charge in [-0.1, -0.05) is 59.8 Å². The second-order valence-corrected chi connectivity index (χ2v) is 7.69. The minimum absolute atomic E-state index is 0.110. The quantitative estimate of drug-likeness (QED) is 0.461. The highest BCUT2D eigenvalue weighted by Gasteiger charge is 2.12. The molecule has 0 fully saturated rings. The van der Waals surface area contributed by atoms with Gasteiger partial charge < -0.3 is 10.3 Å². The Morgan fingerprint density at radius 3 is 2.62 bits per heavy atom. The molecule has 0 unspecified atom stereocenters. The summed E-state index contributed by atoms with van der Waals surface area (Å²) in [5.41, 5.74) is 4.92. The van der Waals surface area contributed by atoms with E-state index in [1.807, 2.05) is 74.5 Å². The van der Waals surface area contributed by atoms with Crippen LogP contribution in [0, 0.1) is 13.8 Å². The van der Waals surface area contributed by atoms with E-state index in [9.17, 15) is 4.79 Å². The molecule has 7 heteroatoms. The van der Waals surface area contributed by atoms with Crippen LogP contribution >= 0.6 is 11.8 Å². The lowest BCUT2D eigenvalue weighted by Crippen LogP contribution is -2.17. The van der Waals surface area contributed by atoms with Gasteiger partial charge in [-0.3, -0.25) is 4.79 Å². The molecule has 2 aromatic carbocycles. The summed E-state index contributed by atoms with van der Waals surface area (Å²) in [7, 11) is 0. The van der Waals surface area contributed by atoms with Gasteiger partial charge in [0, 0.05) is 6.07 Å². The van der Waals surface area contributed by atoms with Crippen LogP contribution in [0.4, 0.5) is 5.82 Å². The zero-order valence-corrected chi connectivity index (χ0v) is 17.0. The van der Waals surface area contributed by atoms with E-state index in [0.29, 0.717) is 11.0 Å². The third kappa shape index (κ3) is 4.57. The van der Waals surface area contributed by atoms with Crippen LogP contribution in [0.15, 0.2) is 72.0 Å². The summed E-state index contributed by atoms with van der Waals surface area (Å²) in [5, 5.41) is 8.16. The molecule has 2 aromatic heterocycles. The molecule has 0 atom stereocenters. The molecular weight excluding hydrogens is 382 g/mol. The lowest BCUT2D eigenvalue weighted by molar-refractivity contribution is -0.113. The van der Waals surface area contributed by atoms with Gasteiger partial charge in [0.25, 0.3) is 0 Å². The standard InChI is InChI=1S/C22H21N5OS/c1-15-8-10-18(11-9-15)27-20(12-16(2)26-27)25-21(28)14-29-22-23-13-19(24-22)17-6-4-3-5-7-17/h3-13H,14H2,1-2H3,(H,23,24)(H,25,28). The average Bonchev–Trinajstić information content (AvgIpc) is 3.34. The fraction of sp³-hybridized carbons (Fsp3) is 0.136. The molecule has 146 valence electrons. The van der Waals surface area contributed by atoms with Crippen molar-refractivity contribution in [2.75, 3.05) is 11.1 Å². The Morgan fingerprint density at radius 2 is 1.86 bits per heavy atom. The first-order valence-corrected chi connectivity index (χ1v) is 10.2. The molecule has 4 rings (SSSR count). The number of benzene rings is 2. The van der Waals surface area contributed by atoms with Gasteiger partial charge in [0.1, 0.15) is 5.82 Å². The van der Waals surface area contributed by atoms with Crippen molar-refractivity contribution in [3.8, 4) is 16.9 Å². The number of carbonyl (C=O) groups is 1. The van der Waals surface area contributed by atoms with Gasteiger partial charge in [-0.2, -0.15) is 5.10 Å². The second-order valence-electron chi connectivity index (χ2n) is 6.72. The fourth-order valence-electron chi connectivity index (χ4n) is 2.92. The van der Waals surface area contributed by atoms with E-state index < -0.39 is 0 Å². The van der Waals surface area contributed by atoms with Gasteiger partial charge in [0.2, 0.25) is 5.91 Å². The monoisotopic (exact) mass is 403 g/mol. The van der Waals surface area contributed by atoms with Gasteiger partial charge in [-0.15, -0.1) is 0 Å². The van der Waals surface area contributed by atoms with E-state index >= 15 is 0 Å². The van der Waals surface area contributed by atoms with Crippen LogP contribution in [0.1, 0.15) is 11.3 Å². The van der Waals surface area contributed by atoms with Crippen LogP contribution in [0.5, 0.6) is 0 Å². The number of hydrogen-bond donors (Lipinski definition) is 2. The molecule has 29 heavy (non-hydrogen) atoms. The molecule has 6 nitrogen and oxygen atoms in total. The van der Waals surface area contributed by atoms with Crippen LogP contribution in [0.3, 0.4) is 0 Å². The van der Waals surface area contributed by atoms with Crippen LogP contribution in [-0.4, -0.2) is 31.4 Å². The van der Waals surface area contributed by atoms with Crippen molar-refractivity contribution >= 4 is 23.5 Å². The highest BCUT2D eigenvalue weighted by molar-refractivity contribution is 7.99. The minimum atomic E-state index is -0.110. The van der Waals surface area contributed by atoms with E-state index in [1.165, 1.54) is 17.3 Å². The molecule has 4 aromatic rings. The number of thioether (sulfide) groups is 1. The van der Waals surface area contributed by atoms with Crippen LogP contribution < -0.4 is 5.32 Å². The number of nitrogens with zero attached hydrogens (tertiary/aromatic N) is 3. The summed E-state index contributed by atoms with van der Waals surface area (Å²) >= 11 is 1.37. The first-order chi connectivity index (χ1) is 14.1. The molecule has 0 aliphatic heterocycles. The number of H-pyrrole nitrogens is 1. The predicted octanol–water partition coefficient (Wildman–Crippen LogP) is 4.61. The largest absolute Gasteiger partial charge is 0.333 e. The Hall–Kier alpha value is -3.32. The molecule has 0 saturated carbocycles. The second kappa shape index (κ2) is 8.36. The summed E-state index contributed by atoms with van der Waals surface area (Å²) in [6, 6.07) is 19.9. The Bertz CT molecular complexity index is 1120. The SMILES string of the molecule is Cc1ccc(-n2nc(C)cc2NC(=O)CSc2ncc(-c3ccccc3)[nH]2)cc1. The van der Waals surface area contributed by atoms with Crippen molar-refractivity contribution in [1.82, 2.24) is 19.7 Å². The van der Waals surface area contributed by atoms with E-state index in [4.69, 9.17) is 0 Å². The van der Waals surface area contributed by atoms with E-state index in [-0.39, 0.29) is 11.7 Å². The van der Waals surface area contributed by atoms with Crippen molar-refractivity contribution in [1.29, 1.82) is 0 Å². The predicted molar refractivity (Wildman–Crippen MR) is 116 cm³/mol. The van der Waals surface area contributed by atoms with Gasteiger partial charge in [0.05, 0.1) is 29.0 Å². The number of carbonyl (C=O) groups excluding carboxylic acids is 1. The van der Waals surface area contributed by atoms with Gasteiger partial charge in [-0.05, 0) is 31.5 Å². The van der Waals surface area contributed by atoms with Crippen molar-refractivity contribution in [2.24, 2.45) is 0 Å². The van der Waals surface area contributed by atoms with E-state index in [2.05, 4.69) is 20.4 Å². The van der Waals surface area contributed by atoms with Crippen molar-refractivity contribution in [3.05, 3.63) is 78.1 Å². The fourth-order valence-corrected chi connectivity index (χ4v) is 3.57. The van der Waals surface area contributed by atoms with Crippen molar-refractivity contribution in [3.63, 3.8) is 0 Å². The molecule has 0 aliphatic rings. The van der Waals surface area contributed by atoms with Crippen LogP contribution in [0.25, 0.3) is 16.9 Å². The number of aryl methyl sites for hydroxylation is 2. The lowest BCUT2D eigenvalue weighted by Gasteiger charge is -2.09. The third-order valence-corrected chi connectivity index (χ3v) is 5.24. The van der Waals surface area contributed by atoms with Crippen LogP contribution in [0.2, 0.25) is 0 Å². The molecule has 0 aliphatic carbocycles. The Labute approximate surface area is 173 Å². The Morgan fingerprint density at radius 1 is 1.10 bits per heavy atom. The smallest absolute Gasteiger partial charge is 0.236 e. The maximum Gasteiger partial charge on any atom is 0.236 e. The summed E-state index contributed by atoms with van der Waals surface area (Å²) in [6.07, 6.45) is 1.78. The molecule has 0 radical (unpaired) electrons. The lowest BCUT2D eigenvalue weighted by atomic mass is 10.2. The van der Waals surface area contributed by atoms with Crippen molar-refractivity contribution < 1.29 is 4.79 Å². The first kappa shape index (κ1) is 19.0. The molecule has 0 saturated heterocycles. The zero-order valence-electron chi connectivity index (χ0n) is 16.2. The number of nitrogens with one attached hydrogen (secondary N) is 2. The molecule has 2 heterocycles. The molecule has 0 bridgehead atoms. The number of anilines is 1. The van der Waals surface area contributed by atoms with E-state index in [0.717, 1.165) is 22.6 Å². The number of aromatic nitrogens is 4. The minimum Gasteiger partial charge on any atom is -0.333 e. The Kier molecular flexibility index (Phi) is 5.48. The van der Waals surface area contributed by atoms with Crippen molar-refractivity contribution in [2.45, 2.75) is 19.0 Å². The first-order valence-electron chi connectivity index (χ1n) is 9.25. The normalized spacial score (nSPS) is 10.8. The van der Waals surface area contributed by atoms with Gasteiger partial charge in [0.15, 0.2) is 5.16 Å². The van der Waals surface area contributed by atoms with E-state index in [1.54, 1.807) is 10.9 Å². The number of imidazole rings is 1. The maximum atomic E-state index is 12.5. The molecule has 1 amide bonds. The zero-order chi connectivity index (χ0) is 20.2. The topological polar surface area (TPSA) is 75.6 Å². The molecule has 0 spiro atoms. The summed E-state index contributed by atoms with van der Waals surface area (Å²) < 4.78 is 1.75. The average molecular weight is 404 g/mol. The highest BCUT2D eigenvalue weighted by atomic mass is 32.2.